The fraction of sp³-hybridized carbons (Fsp3) is 0.576. The molecule has 10 atom stereocenters. The quantitative estimate of drug-likeness (QED) is 0.298. The Hall–Kier alpha value is -3.18. The van der Waals surface area contributed by atoms with Crippen molar-refractivity contribution in [1.82, 2.24) is 5.32 Å². The van der Waals surface area contributed by atoms with Crippen molar-refractivity contribution in [1.29, 1.82) is 0 Å². The Balaban J connectivity index is 1.21. The van der Waals surface area contributed by atoms with Gasteiger partial charge in [0, 0.05) is 35.7 Å². The first kappa shape index (κ1) is 34.7. The van der Waals surface area contributed by atoms with Crippen LogP contribution in [0, 0.1) is 23.3 Å². The molecule has 4 heterocycles. The summed E-state index contributed by atoms with van der Waals surface area (Å²) < 4.78 is 98.5. The van der Waals surface area contributed by atoms with E-state index < -0.39 is 108 Å². The van der Waals surface area contributed by atoms with Crippen LogP contribution in [-0.4, -0.2) is 79.3 Å². The molecule has 48 heavy (non-hydrogen) atoms. The van der Waals surface area contributed by atoms with Crippen LogP contribution >= 0.6 is 0 Å². The highest BCUT2D eigenvalue weighted by Crippen LogP contribution is 2.48. The van der Waals surface area contributed by atoms with Crippen LogP contribution in [0.2, 0.25) is 0 Å². The minimum absolute atomic E-state index is 0.0159. The Labute approximate surface area is 274 Å². The molecule has 0 unspecified atom stereocenters. The molecular formula is C33H38F4N2O9. The van der Waals surface area contributed by atoms with E-state index in [0.29, 0.717) is 0 Å². The first-order valence-corrected chi connectivity index (χ1v) is 15.6. The number of carbonyl (C=O) groups excluding carboxylic acids is 2. The molecule has 6 rings (SSSR count). The predicted octanol–water partition coefficient (Wildman–Crippen LogP) is 3.63. The van der Waals surface area contributed by atoms with E-state index in [1.165, 1.54) is 19.2 Å². The highest BCUT2D eigenvalue weighted by molar-refractivity contribution is 5.78. The molecule has 0 spiro atoms. The van der Waals surface area contributed by atoms with Crippen molar-refractivity contribution in [2.45, 2.75) is 113 Å². The summed E-state index contributed by atoms with van der Waals surface area (Å²) in [6, 6.07) is 4.09. The molecule has 2 aromatic carbocycles. The van der Waals surface area contributed by atoms with Gasteiger partial charge >= 0.3 is 5.97 Å². The van der Waals surface area contributed by atoms with Crippen molar-refractivity contribution in [2.75, 3.05) is 7.11 Å². The van der Waals surface area contributed by atoms with E-state index >= 15 is 0 Å². The third-order valence-electron chi connectivity index (χ3n) is 8.92. The average molecular weight is 683 g/mol. The predicted molar refractivity (Wildman–Crippen MR) is 157 cm³/mol. The van der Waals surface area contributed by atoms with Gasteiger partial charge in [0.05, 0.1) is 19.6 Å². The SMILES string of the molecule is COC(=O)C[C@@H](NC(=O)C[C@H](N)[C@H]1O[C@@H](c2ccc(F)cc2F)[C@H]2OC(C)(C)O[C@@H]12)[C@H]1O[C@@H](c2ccc(F)cc2F)[C@H]2OC(C)(C)O[C@@H]12. The van der Waals surface area contributed by atoms with Crippen LogP contribution in [0.4, 0.5) is 17.6 Å². The van der Waals surface area contributed by atoms with Crippen LogP contribution in [0.1, 0.15) is 63.9 Å². The lowest BCUT2D eigenvalue weighted by atomic mass is 9.96. The highest BCUT2D eigenvalue weighted by atomic mass is 19.1. The van der Waals surface area contributed by atoms with Gasteiger partial charge in [-0.3, -0.25) is 9.59 Å². The highest BCUT2D eigenvalue weighted by Gasteiger charge is 2.59. The van der Waals surface area contributed by atoms with Gasteiger partial charge in [0.2, 0.25) is 5.91 Å². The van der Waals surface area contributed by atoms with Crippen molar-refractivity contribution in [3.8, 4) is 0 Å². The Morgan fingerprint density at radius 2 is 1.23 bits per heavy atom. The Bertz CT molecular complexity index is 1560. The van der Waals surface area contributed by atoms with Crippen LogP contribution in [0.25, 0.3) is 0 Å². The van der Waals surface area contributed by atoms with E-state index in [-0.39, 0.29) is 24.0 Å². The van der Waals surface area contributed by atoms with Crippen molar-refractivity contribution in [2.24, 2.45) is 5.73 Å². The minimum atomic E-state index is -1.12. The van der Waals surface area contributed by atoms with Crippen LogP contribution < -0.4 is 11.1 Å². The molecule has 1 amide bonds. The van der Waals surface area contributed by atoms with Crippen molar-refractivity contribution < 1.29 is 60.3 Å². The molecule has 0 aromatic heterocycles. The number of amides is 1. The Morgan fingerprint density at radius 3 is 1.71 bits per heavy atom. The Kier molecular flexibility index (Phi) is 9.34. The molecule has 4 aliphatic heterocycles. The van der Waals surface area contributed by atoms with Gasteiger partial charge in [0.15, 0.2) is 11.6 Å². The van der Waals surface area contributed by atoms with Gasteiger partial charge in [-0.05, 0) is 39.8 Å². The second kappa shape index (κ2) is 12.9. The standard InChI is InChI=1S/C33H38F4N2O9/c1-32(2)45-28-24(16-8-6-14(34)10-18(16)36)43-26(30(28)47-32)20(38)12-22(40)39-21(13-23(41)42-5)27-31-29(46-33(3,4)48-31)25(44-27)17-9-7-15(35)11-19(17)37/h6-11,20-21,24-31H,12-13,38H2,1-5H3,(H,39,40)/t20-,21+,24-,25-,26+,27+,28+,29+,30-,31-/m0/s1. The average Bonchev–Trinajstić information content (AvgIpc) is 3.68. The van der Waals surface area contributed by atoms with Gasteiger partial charge in [0.25, 0.3) is 0 Å². The van der Waals surface area contributed by atoms with E-state index in [0.717, 1.165) is 24.3 Å². The van der Waals surface area contributed by atoms with E-state index in [1.807, 2.05) is 0 Å². The monoisotopic (exact) mass is 682 g/mol. The molecule has 262 valence electrons. The van der Waals surface area contributed by atoms with E-state index in [2.05, 4.69) is 5.32 Å². The number of esters is 1. The molecule has 0 aliphatic carbocycles. The maximum atomic E-state index is 14.9. The molecule has 0 bridgehead atoms. The summed E-state index contributed by atoms with van der Waals surface area (Å²) >= 11 is 0. The maximum absolute atomic E-state index is 14.9. The van der Waals surface area contributed by atoms with Crippen LogP contribution in [0.3, 0.4) is 0 Å². The number of nitrogens with two attached hydrogens (primary N) is 1. The number of hydrogen-bond donors (Lipinski definition) is 2. The van der Waals surface area contributed by atoms with Crippen LogP contribution in [-0.2, 0) is 42.7 Å². The largest absolute Gasteiger partial charge is 0.469 e. The van der Waals surface area contributed by atoms with Gasteiger partial charge in [-0.15, -0.1) is 0 Å². The number of halogens is 4. The summed E-state index contributed by atoms with van der Waals surface area (Å²) in [5.41, 5.74) is 6.58. The Morgan fingerprint density at radius 1 is 0.771 bits per heavy atom. The van der Waals surface area contributed by atoms with Gasteiger partial charge in [-0.25, -0.2) is 17.6 Å². The molecule has 4 fully saturated rings. The number of rotatable bonds is 9. The molecule has 4 aliphatic rings. The van der Waals surface area contributed by atoms with Crippen molar-refractivity contribution in [3.05, 3.63) is 70.8 Å². The zero-order chi connectivity index (χ0) is 34.7. The third-order valence-corrected chi connectivity index (χ3v) is 8.92. The van der Waals surface area contributed by atoms with Gasteiger partial charge < -0.3 is 44.2 Å². The van der Waals surface area contributed by atoms with Gasteiger partial charge in [-0.2, -0.15) is 0 Å². The number of nitrogens with one attached hydrogen (secondary N) is 1. The normalized spacial score (nSPS) is 32.8. The third kappa shape index (κ3) is 6.82. The minimum Gasteiger partial charge on any atom is -0.469 e. The van der Waals surface area contributed by atoms with Gasteiger partial charge in [-0.1, -0.05) is 12.1 Å². The second-order valence-electron chi connectivity index (χ2n) is 13.3. The topological polar surface area (TPSA) is 137 Å². The first-order chi connectivity index (χ1) is 22.6. The summed E-state index contributed by atoms with van der Waals surface area (Å²) in [6.07, 6.45) is -8.05. The molecular weight excluding hydrogens is 644 g/mol. The van der Waals surface area contributed by atoms with Crippen LogP contribution in [0.5, 0.6) is 0 Å². The smallest absolute Gasteiger partial charge is 0.307 e. The number of benzene rings is 2. The van der Waals surface area contributed by atoms with Crippen LogP contribution in [0.15, 0.2) is 36.4 Å². The lowest BCUT2D eigenvalue weighted by Crippen LogP contribution is -2.52. The van der Waals surface area contributed by atoms with Crippen molar-refractivity contribution >= 4 is 11.9 Å². The number of hydrogen-bond acceptors (Lipinski definition) is 10. The number of fused-ring (bicyclic) bond motifs is 2. The first-order valence-electron chi connectivity index (χ1n) is 15.6. The molecule has 2 aromatic rings. The molecule has 3 N–H and O–H groups in total. The summed E-state index contributed by atoms with van der Waals surface area (Å²) in [7, 11) is 1.18. The lowest BCUT2D eigenvalue weighted by molar-refractivity contribution is -0.191. The summed E-state index contributed by atoms with van der Waals surface area (Å²) in [4.78, 5) is 26.1. The summed E-state index contributed by atoms with van der Waals surface area (Å²) in [5.74, 6) is -6.71. The molecule has 0 saturated carbocycles. The maximum Gasteiger partial charge on any atom is 0.307 e. The van der Waals surface area contributed by atoms with E-state index in [1.54, 1.807) is 27.7 Å². The molecule has 15 heteroatoms. The van der Waals surface area contributed by atoms with Gasteiger partial charge in [0.1, 0.15) is 72.1 Å². The fourth-order valence-corrected chi connectivity index (χ4v) is 7.00. The number of methoxy groups -OCH3 is 1. The number of ether oxygens (including phenoxy) is 7. The van der Waals surface area contributed by atoms with E-state index in [4.69, 9.17) is 38.9 Å². The number of carbonyl (C=O) groups is 2. The fourth-order valence-electron chi connectivity index (χ4n) is 7.00. The summed E-state index contributed by atoms with van der Waals surface area (Å²) in [5, 5.41) is 2.79. The zero-order valence-corrected chi connectivity index (χ0v) is 26.9. The molecule has 4 saturated heterocycles. The lowest BCUT2D eigenvalue weighted by Gasteiger charge is -2.30. The molecule has 11 nitrogen and oxygen atoms in total. The van der Waals surface area contributed by atoms with E-state index in [9.17, 15) is 27.2 Å². The zero-order valence-electron chi connectivity index (χ0n) is 26.9. The van der Waals surface area contributed by atoms with Crippen molar-refractivity contribution in [3.63, 3.8) is 0 Å². The molecule has 0 radical (unpaired) electrons. The summed E-state index contributed by atoms with van der Waals surface area (Å²) in [6.45, 7) is 6.66. The second-order valence-corrected chi connectivity index (χ2v) is 13.3.